The van der Waals surface area contributed by atoms with Gasteiger partial charge in [0.05, 0.1) is 22.4 Å². The zero-order valence-electron chi connectivity index (χ0n) is 15.4. The van der Waals surface area contributed by atoms with Crippen molar-refractivity contribution in [2.24, 2.45) is 0 Å². The highest BCUT2D eigenvalue weighted by Crippen LogP contribution is 2.44. The van der Waals surface area contributed by atoms with Gasteiger partial charge in [0.25, 0.3) is 0 Å². The topological polar surface area (TPSA) is 36.9 Å². The minimum Gasteiger partial charge on any atom is -0.403 e. The molecule has 6 heteroatoms. The van der Waals surface area contributed by atoms with Crippen molar-refractivity contribution < 1.29 is 18.6 Å². The molecule has 0 saturated carbocycles. The molecule has 0 radical (unpaired) electrons. The van der Waals surface area contributed by atoms with Crippen LogP contribution in [0.15, 0.2) is 12.7 Å². The molecular weight excluding hydrogens is 278 g/mol. The van der Waals surface area contributed by atoms with Gasteiger partial charge in [0, 0.05) is 5.82 Å². The monoisotopic (exact) mass is 308 g/mol. The largest absolute Gasteiger partial charge is 0.464 e. The number of hydrogen-bond acceptors (Lipinski definition) is 4. The van der Waals surface area contributed by atoms with Gasteiger partial charge in [0.1, 0.15) is 0 Å². The van der Waals surface area contributed by atoms with E-state index in [0.717, 1.165) is 0 Å². The van der Waals surface area contributed by atoms with E-state index in [1.807, 2.05) is 6.08 Å². The SMILES string of the molecule is C=C[C@H](CB1OC(C)(C)C(C)(C)O1)B1OC(C)(C)C(C)(C)O1. The van der Waals surface area contributed by atoms with Crippen molar-refractivity contribution in [3.63, 3.8) is 0 Å². The molecule has 1 atom stereocenters. The van der Waals surface area contributed by atoms with Gasteiger partial charge in [0.15, 0.2) is 0 Å². The van der Waals surface area contributed by atoms with E-state index in [1.165, 1.54) is 0 Å². The Morgan fingerprint density at radius 3 is 1.50 bits per heavy atom. The average molecular weight is 308 g/mol. The van der Waals surface area contributed by atoms with Gasteiger partial charge < -0.3 is 18.6 Å². The summed E-state index contributed by atoms with van der Waals surface area (Å²) in [4.78, 5) is 0. The first-order chi connectivity index (χ1) is 9.81. The average Bonchev–Trinajstić information content (AvgIpc) is 2.65. The van der Waals surface area contributed by atoms with E-state index in [4.69, 9.17) is 18.6 Å². The van der Waals surface area contributed by atoms with Gasteiger partial charge in [0.2, 0.25) is 0 Å². The number of allylic oxidation sites excluding steroid dienone is 1. The van der Waals surface area contributed by atoms with Crippen LogP contribution in [0.1, 0.15) is 55.4 Å². The molecule has 22 heavy (non-hydrogen) atoms. The smallest absolute Gasteiger partial charge is 0.403 e. The lowest BCUT2D eigenvalue weighted by molar-refractivity contribution is 0.00578. The van der Waals surface area contributed by atoms with Crippen molar-refractivity contribution in [3.05, 3.63) is 12.7 Å². The summed E-state index contributed by atoms with van der Waals surface area (Å²) in [5.74, 6) is 0.0238. The standard InChI is InChI=1S/C16H30B2O4/c1-10-12(18-21-15(6,7)16(8,9)22-18)11-17-19-13(2,3)14(4,5)20-17/h10,12H,1,11H2,2-9H3/t12-/m1/s1. The second-order valence-electron chi connectivity index (χ2n) is 8.45. The fourth-order valence-electron chi connectivity index (χ4n) is 2.67. The van der Waals surface area contributed by atoms with E-state index < -0.39 is 0 Å². The summed E-state index contributed by atoms with van der Waals surface area (Å²) in [6.07, 6.45) is 2.56. The first kappa shape index (κ1) is 18.1. The summed E-state index contributed by atoms with van der Waals surface area (Å²) in [5.41, 5.74) is -1.32. The summed E-state index contributed by atoms with van der Waals surface area (Å²) < 4.78 is 24.4. The van der Waals surface area contributed by atoms with Crippen LogP contribution < -0.4 is 0 Å². The first-order valence-electron chi connectivity index (χ1n) is 8.15. The summed E-state index contributed by atoms with van der Waals surface area (Å²) >= 11 is 0. The van der Waals surface area contributed by atoms with Gasteiger partial charge >= 0.3 is 14.2 Å². The Morgan fingerprint density at radius 2 is 1.14 bits per heavy atom. The van der Waals surface area contributed by atoms with Gasteiger partial charge in [-0.15, -0.1) is 6.58 Å². The molecule has 2 aliphatic heterocycles. The second-order valence-corrected chi connectivity index (χ2v) is 8.45. The minimum absolute atomic E-state index is 0.0238. The molecule has 2 heterocycles. The molecule has 2 saturated heterocycles. The highest BCUT2D eigenvalue weighted by molar-refractivity contribution is 6.54. The zero-order valence-corrected chi connectivity index (χ0v) is 15.4. The molecule has 2 fully saturated rings. The third kappa shape index (κ3) is 3.03. The van der Waals surface area contributed by atoms with Gasteiger partial charge in [-0.1, -0.05) is 6.08 Å². The second kappa shape index (κ2) is 5.37. The van der Waals surface area contributed by atoms with Crippen LogP contribution in [0.5, 0.6) is 0 Å². The Balaban J connectivity index is 2.05. The Kier molecular flexibility index (Phi) is 4.41. The molecule has 0 spiro atoms. The Bertz CT molecular complexity index is 413. The van der Waals surface area contributed by atoms with E-state index in [1.54, 1.807) is 0 Å². The number of rotatable bonds is 4. The van der Waals surface area contributed by atoms with Crippen LogP contribution in [0.4, 0.5) is 0 Å². The van der Waals surface area contributed by atoms with Gasteiger partial charge in [-0.3, -0.25) is 0 Å². The van der Waals surface area contributed by atoms with Crippen molar-refractivity contribution >= 4 is 14.2 Å². The third-order valence-corrected chi connectivity index (χ3v) is 5.69. The Hall–Kier alpha value is -0.290. The lowest BCUT2D eigenvalue weighted by atomic mass is 9.61. The lowest BCUT2D eigenvalue weighted by Crippen LogP contribution is -2.41. The third-order valence-electron chi connectivity index (χ3n) is 5.69. The van der Waals surface area contributed by atoms with E-state index in [9.17, 15) is 0 Å². The quantitative estimate of drug-likeness (QED) is 0.586. The molecule has 0 N–H and O–H groups in total. The van der Waals surface area contributed by atoms with E-state index in [-0.39, 0.29) is 42.5 Å². The molecule has 4 nitrogen and oxygen atoms in total. The van der Waals surface area contributed by atoms with Crippen LogP contribution in [0, 0.1) is 0 Å². The predicted molar refractivity (Wildman–Crippen MR) is 90.9 cm³/mol. The molecule has 2 aliphatic rings. The minimum atomic E-state index is -0.338. The molecule has 0 bridgehead atoms. The molecule has 0 aromatic heterocycles. The van der Waals surface area contributed by atoms with Crippen molar-refractivity contribution in [2.75, 3.05) is 0 Å². The molecule has 0 amide bonds. The van der Waals surface area contributed by atoms with Gasteiger partial charge in [-0.05, 0) is 61.7 Å². The van der Waals surface area contributed by atoms with Crippen molar-refractivity contribution in [1.29, 1.82) is 0 Å². The molecule has 0 unspecified atom stereocenters. The molecule has 124 valence electrons. The molecule has 2 rings (SSSR count). The maximum Gasteiger partial charge on any atom is 0.464 e. The molecule has 0 aliphatic carbocycles. The normalized spacial score (nSPS) is 29.6. The lowest BCUT2D eigenvalue weighted by Gasteiger charge is -2.32. The van der Waals surface area contributed by atoms with Crippen molar-refractivity contribution in [2.45, 2.75) is 89.9 Å². The highest BCUT2D eigenvalue weighted by Gasteiger charge is 2.56. The fraction of sp³-hybridized carbons (Fsp3) is 0.875. The van der Waals surface area contributed by atoms with E-state index in [0.29, 0.717) is 6.32 Å². The molecule has 0 aromatic carbocycles. The maximum absolute atomic E-state index is 6.13. The summed E-state index contributed by atoms with van der Waals surface area (Å²) in [6.45, 7) is 20.4. The van der Waals surface area contributed by atoms with Crippen LogP contribution in [-0.4, -0.2) is 36.6 Å². The first-order valence-corrected chi connectivity index (χ1v) is 8.15. The van der Waals surface area contributed by atoms with Gasteiger partial charge in [-0.25, -0.2) is 0 Å². The molecular formula is C16H30B2O4. The Morgan fingerprint density at radius 1 is 0.773 bits per heavy atom. The summed E-state index contributed by atoms with van der Waals surface area (Å²) in [5, 5.41) is 0. The van der Waals surface area contributed by atoms with Crippen LogP contribution in [0.2, 0.25) is 12.1 Å². The van der Waals surface area contributed by atoms with Crippen LogP contribution in [-0.2, 0) is 18.6 Å². The van der Waals surface area contributed by atoms with E-state index >= 15 is 0 Å². The summed E-state index contributed by atoms with van der Waals surface area (Å²) in [6, 6.07) is 0. The van der Waals surface area contributed by atoms with Crippen molar-refractivity contribution in [3.8, 4) is 0 Å². The number of hydrogen-bond donors (Lipinski definition) is 0. The van der Waals surface area contributed by atoms with Crippen molar-refractivity contribution in [1.82, 2.24) is 0 Å². The maximum atomic E-state index is 6.13. The summed E-state index contributed by atoms with van der Waals surface area (Å²) in [7, 11) is -0.589. The predicted octanol–water partition coefficient (Wildman–Crippen LogP) is 3.73. The fourth-order valence-corrected chi connectivity index (χ4v) is 2.67. The molecule has 0 aromatic rings. The van der Waals surface area contributed by atoms with Gasteiger partial charge in [-0.2, -0.15) is 0 Å². The zero-order chi connectivity index (χ0) is 17.0. The van der Waals surface area contributed by atoms with Crippen LogP contribution >= 0.6 is 0 Å². The van der Waals surface area contributed by atoms with E-state index in [2.05, 4.69) is 62.0 Å². The van der Waals surface area contributed by atoms with Crippen LogP contribution in [0.3, 0.4) is 0 Å². The van der Waals surface area contributed by atoms with Crippen LogP contribution in [0.25, 0.3) is 0 Å². The Labute approximate surface area is 136 Å². The highest BCUT2D eigenvalue weighted by atomic mass is 16.7.